The number of halogens is 1. The monoisotopic (exact) mass is 512 g/mol. The molecule has 0 bridgehead atoms. The molecular weight excluding hydrogens is 487 g/mol. The van der Waals surface area contributed by atoms with Crippen molar-refractivity contribution >= 4 is 34.5 Å². The summed E-state index contributed by atoms with van der Waals surface area (Å²) in [7, 11) is 0. The molecule has 7 nitrogen and oxygen atoms in total. The molecule has 1 aromatic carbocycles. The maximum absolute atomic E-state index is 12.1. The molecule has 2 rings (SSSR count). The minimum atomic E-state index is -1.05. The average molecular weight is 512 g/mol. The van der Waals surface area contributed by atoms with E-state index in [1.807, 2.05) is 26.8 Å². The van der Waals surface area contributed by atoms with Crippen LogP contribution in [0.5, 0.6) is 17.4 Å². The predicted octanol–water partition coefficient (Wildman–Crippen LogP) is 4.25. The van der Waals surface area contributed by atoms with Gasteiger partial charge in [-0.15, -0.1) is 0 Å². The van der Waals surface area contributed by atoms with E-state index in [0.717, 1.165) is 3.57 Å². The van der Waals surface area contributed by atoms with Gasteiger partial charge in [0.25, 0.3) is 5.91 Å². The van der Waals surface area contributed by atoms with E-state index in [1.54, 1.807) is 36.5 Å². The summed E-state index contributed by atoms with van der Waals surface area (Å²) in [5.74, 6) is -0.140. The fourth-order valence-electron chi connectivity index (χ4n) is 2.39. The number of amides is 1. The number of carboxylic acids is 1. The Morgan fingerprint density at radius 2 is 1.93 bits per heavy atom. The number of carbonyl (C=O) groups is 2. The Balaban J connectivity index is 1.88. The molecular formula is C21H25IN2O5. The number of rotatable bonds is 9. The van der Waals surface area contributed by atoms with Crippen molar-refractivity contribution in [1.29, 1.82) is 0 Å². The molecule has 0 aliphatic heterocycles. The molecule has 0 unspecified atom stereocenters. The summed E-state index contributed by atoms with van der Waals surface area (Å²) in [6.45, 7) is 5.79. The maximum Gasteiger partial charge on any atom is 0.326 e. The van der Waals surface area contributed by atoms with Crippen LogP contribution in [0.25, 0.3) is 0 Å². The van der Waals surface area contributed by atoms with Crippen molar-refractivity contribution in [2.24, 2.45) is 5.41 Å². The summed E-state index contributed by atoms with van der Waals surface area (Å²) < 4.78 is 12.2. The van der Waals surface area contributed by atoms with E-state index < -0.39 is 17.9 Å². The lowest BCUT2D eigenvalue weighted by Gasteiger charge is -2.21. The second-order valence-corrected chi connectivity index (χ2v) is 8.98. The summed E-state index contributed by atoms with van der Waals surface area (Å²) in [6, 6.07) is 9.51. The number of carbonyl (C=O) groups excluding carboxylic acids is 1. The van der Waals surface area contributed by atoms with Gasteiger partial charge in [-0.3, -0.25) is 4.79 Å². The lowest BCUT2D eigenvalue weighted by atomic mass is 9.88. The average Bonchev–Trinajstić information content (AvgIpc) is 2.64. The molecule has 0 radical (unpaired) electrons. The zero-order chi connectivity index (χ0) is 21.4. The first-order valence-corrected chi connectivity index (χ1v) is 10.2. The zero-order valence-corrected chi connectivity index (χ0v) is 18.8. The minimum absolute atomic E-state index is 0.0126. The number of hydrogen-bond donors (Lipinski definition) is 2. The number of aromatic nitrogens is 1. The molecule has 8 heteroatoms. The number of hydrogen-bond acceptors (Lipinski definition) is 5. The Hall–Kier alpha value is -2.36. The van der Waals surface area contributed by atoms with E-state index in [2.05, 4.69) is 32.9 Å². The second kappa shape index (κ2) is 10.4. The first-order valence-electron chi connectivity index (χ1n) is 9.17. The summed E-state index contributed by atoms with van der Waals surface area (Å²) in [6.07, 6.45) is 2.73. The Morgan fingerprint density at radius 3 is 2.55 bits per heavy atom. The normalized spacial score (nSPS) is 12.1. The second-order valence-electron chi connectivity index (χ2n) is 7.74. The van der Waals surface area contributed by atoms with Crippen LogP contribution < -0.4 is 14.8 Å². The van der Waals surface area contributed by atoms with E-state index in [9.17, 15) is 14.7 Å². The van der Waals surface area contributed by atoms with Gasteiger partial charge in [0.2, 0.25) is 5.88 Å². The van der Waals surface area contributed by atoms with Gasteiger partial charge in [0.1, 0.15) is 17.5 Å². The predicted molar refractivity (Wildman–Crippen MR) is 117 cm³/mol. The first-order chi connectivity index (χ1) is 13.6. The van der Waals surface area contributed by atoms with Crippen LogP contribution in [-0.4, -0.2) is 34.6 Å². The quantitative estimate of drug-likeness (QED) is 0.488. The number of carboxylic acid groups (broad SMARTS) is 1. The lowest BCUT2D eigenvalue weighted by Crippen LogP contribution is -2.43. The van der Waals surface area contributed by atoms with Crippen molar-refractivity contribution in [3.8, 4) is 17.4 Å². The van der Waals surface area contributed by atoms with Crippen molar-refractivity contribution in [2.75, 3.05) is 6.61 Å². The van der Waals surface area contributed by atoms with Gasteiger partial charge in [-0.05, 0) is 59.0 Å². The number of ether oxygens (including phenoxy) is 2. The fraction of sp³-hybridized carbons (Fsp3) is 0.381. The van der Waals surface area contributed by atoms with Gasteiger partial charge in [0.05, 0.1) is 0 Å². The molecule has 156 valence electrons. The van der Waals surface area contributed by atoms with E-state index in [0.29, 0.717) is 30.2 Å². The molecule has 1 amide bonds. The van der Waals surface area contributed by atoms with E-state index in [-0.39, 0.29) is 12.0 Å². The highest BCUT2D eigenvalue weighted by molar-refractivity contribution is 14.1. The number of aliphatic carboxylic acids is 1. The molecule has 0 saturated heterocycles. The highest BCUT2D eigenvalue weighted by Gasteiger charge is 2.22. The Kier molecular flexibility index (Phi) is 8.24. The lowest BCUT2D eigenvalue weighted by molar-refractivity contribution is -0.142. The third-order valence-corrected chi connectivity index (χ3v) is 4.55. The molecule has 1 aromatic heterocycles. The molecule has 0 aliphatic carbocycles. The smallest absolute Gasteiger partial charge is 0.326 e. The molecule has 0 aliphatic rings. The van der Waals surface area contributed by atoms with Crippen molar-refractivity contribution in [3.63, 3.8) is 0 Å². The molecule has 1 heterocycles. The summed E-state index contributed by atoms with van der Waals surface area (Å²) in [4.78, 5) is 27.7. The number of nitrogens with zero attached hydrogens (tertiary/aromatic N) is 1. The Labute approximate surface area is 184 Å². The van der Waals surface area contributed by atoms with E-state index >= 15 is 0 Å². The first kappa shape index (κ1) is 22.9. The maximum atomic E-state index is 12.1. The van der Waals surface area contributed by atoms with Crippen molar-refractivity contribution < 1.29 is 24.2 Å². The number of nitrogens with one attached hydrogen (secondary N) is 1. The largest absolute Gasteiger partial charge is 0.484 e. The van der Waals surface area contributed by atoms with Crippen LogP contribution in [0, 0.1) is 8.99 Å². The highest BCUT2D eigenvalue weighted by atomic mass is 127. The Bertz CT molecular complexity index is 834. The molecule has 0 saturated carbocycles. The van der Waals surface area contributed by atoms with Gasteiger partial charge in [0, 0.05) is 21.9 Å². The van der Waals surface area contributed by atoms with Crippen LogP contribution in [0.4, 0.5) is 0 Å². The minimum Gasteiger partial charge on any atom is -0.484 e. The van der Waals surface area contributed by atoms with Gasteiger partial charge in [0.15, 0.2) is 6.61 Å². The molecule has 2 N–H and O–H groups in total. The van der Waals surface area contributed by atoms with Crippen molar-refractivity contribution in [3.05, 3.63) is 46.2 Å². The molecule has 2 aromatic rings. The summed E-state index contributed by atoms with van der Waals surface area (Å²) in [5, 5.41) is 11.8. The standard InChI is InChI=1S/C21H25IN2O5/c1-21(2,3)10-9-17(20(26)27)24-18(25)13-28-15-5-4-6-16(11-15)29-19-8-7-14(22)12-23-19/h4-8,11-12,17H,9-10,13H2,1-3H3,(H,24,25)(H,26,27)/t17-/m0/s1. The third-order valence-electron chi connectivity index (χ3n) is 3.91. The number of benzene rings is 1. The fourth-order valence-corrected chi connectivity index (χ4v) is 2.71. The molecule has 29 heavy (non-hydrogen) atoms. The third kappa shape index (κ3) is 8.68. The van der Waals surface area contributed by atoms with Gasteiger partial charge >= 0.3 is 5.97 Å². The summed E-state index contributed by atoms with van der Waals surface area (Å²) in [5.41, 5.74) is -0.0126. The number of pyridine rings is 1. The van der Waals surface area contributed by atoms with Crippen molar-refractivity contribution in [2.45, 2.75) is 39.7 Å². The van der Waals surface area contributed by atoms with Crippen LogP contribution >= 0.6 is 22.6 Å². The SMILES string of the molecule is CC(C)(C)CC[C@H](NC(=O)COc1cccc(Oc2ccc(I)cn2)c1)C(=O)O. The van der Waals surface area contributed by atoms with Crippen LogP contribution in [-0.2, 0) is 9.59 Å². The van der Waals surface area contributed by atoms with Crippen LogP contribution in [0.2, 0.25) is 0 Å². The van der Waals surface area contributed by atoms with Crippen LogP contribution in [0.1, 0.15) is 33.6 Å². The zero-order valence-electron chi connectivity index (χ0n) is 16.6. The van der Waals surface area contributed by atoms with Gasteiger partial charge in [-0.1, -0.05) is 26.8 Å². The molecule has 0 fully saturated rings. The topological polar surface area (TPSA) is 97.8 Å². The van der Waals surface area contributed by atoms with Gasteiger partial charge in [-0.25, -0.2) is 9.78 Å². The highest BCUT2D eigenvalue weighted by Crippen LogP contribution is 2.24. The van der Waals surface area contributed by atoms with Crippen LogP contribution in [0.15, 0.2) is 42.6 Å². The van der Waals surface area contributed by atoms with E-state index in [1.165, 1.54) is 0 Å². The summed E-state index contributed by atoms with van der Waals surface area (Å²) >= 11 is 2.16. The van der Waals surface area contributed by atoms with Crippen molar-refractivity contribution in [1.82, 2.24) is 10.3 Å². The van der Waals surface area contributed by atoms with Gasteiger partial charge in [-0.2, -0.15) is 0 Å². The van der Waals surface area contributed by atoms with Gasteiger partial charge < -0.3 is 19.9 Å². The molecule has 1 atom stereocenters. The molecule has 0 spiro atoms. The Morgan fingerprint density at radius 1 is 1.21 bits per heavy atom. The van der Waals surface area contributed by atoms with Crippen LogP contribution in [0.3, 0.4) is 0 Å². The van der Waals surface area contributed by atoms with E-state index in [4.69, 9.17) is 9.47 Å².